The summed E-state index contributed by atoms with van der Waals surface area (Å²) in [4.78, 5) is 8.84. The number of hydrogen-bond donors (Lipinski definition) is 3. The maximum absolute atomic E-state index is 5.68. The highest BCUT2D eigenvalue weighted by Crippen LogP contribution is 2.19. The van der Waals surface area contributed by atoms with E-state index in [0.717, 1.165) is 43.9 Å². The van der Waals surface area contributed by atoms with Gasteiger partial charge in [0.1, 0.15) is 17.5 Å². The zero-order chi connectivity index (χ0) is 13.7. The summed E-state index contributed by atoms with van der Waals surface area (Å²) in [7, 11) is 0. The van der Waals surface area contributed by atoms with Gasteiger partial charge < -0.3 is 15.5 Å². The molecule has 0 radical (unpaired) electrons. The number of ether oxygens (including phenoxy) is 1. The second-order valence-electron chi connectivity index (χ2n) is 4.93. The highest BCUT2D eigenvalue weighted by molar-refractivity contribution is 5.47. The molecule has 0 spiro atoms. The van der Waals surface area contributed by atoms with E-state index in [9.17, 15) is 0 Å². The molecular formula is C13H23N5O. The Bertz CT molecular complexity index is 406. The van der Waals surface area contributed by atoms with Gasteiger partial charge in [0.2, 0.25) is 0 Å². The van der Waals surface area contributed by atoms with Gasteiger partial charge in [0, 0.05) is 19.1 Å². The highest BCUT2D eigenvalue weighted by atomic mass is 16.5. The summed E-state index contributed by atoms with van der Waals surface area (Å²) in [5.74, 6) is 7.69. The molecule has 0 amide bonds. The molecule has 2 rings (SSSR count). The predicted molar refractivity (Wildman–Crippen MR) is 75.9 cm³/mol. The Morgan fingerprint density at radius 3 is 2.89 bits per heavy atom. The first-order valence-corrected chi connectivity index (χ1v) is 6.95. The molecule has 19 heavy (non-hydrogen) atoms. The van der Waals surface area contributed by atoms with Crippen LogP contribution in [0.4, 0.5) is 11.6 Å². The number of aromatic nitrogens is 2. The lowest BCUT2D eigenvalue weighted by atomic mass is 10.1. The second kappa shape index (κ2) is 6.68. The van der Waals surface area contributed by atoms with Crippen LogP contribution < -0.4 is 16.6 Å². The minimum Gasteiger partial charge on any atom is -0.376 e. The van der Waals surface area contributed by atoms with E-state index in [2.05, 4.69) is 34.6 Å². The van der Waals surface area contributed by atoms with Crippen molar-refractivity contribution in [3.8, 4) is 0 Å². The first kappa shape index (κ1) is 14.0. The number of nitrogen functional groups attached to an aromatic ring is 1. The van der Waals surface area contributed by atoms with Gasteiger partial charge in [-0.05, 0) is 26.2 Å². The molecule has 1 aliphatic heterocycles. The third-order valence-corrected chi connectivity index (χ3v) is 3.29. The van der Waals surface area contributed by atoms with Crippen molar-refractivity contribution in [2.24, 2.45) is 5.84 Å². The smallest absolute Gasteiger partial charge is 0.145 e. The SMILES string of the molecule is CCCc1nc(NN)cc(NC(C)C2CCCO2)n1. The van der Waals surface area contributed by atoms with Crippen LogP contribution in [0.25, 0.3) is 0 Å². The minimum atomic E-state index is 0.234. The molecule has 6 heteroatoms. The molecule has 106 valence electrons. The van der Waals surface area contributed by atoms with Gasteiger partial charge in [0.15, 0.2) is 0 Å². The van der Waals surface area contributed by atoms with E-state index in [0.29, 0.717) is 5.82 Å². The van der Waals surface area contributed by atoms with E-state index in [-0.39, 0.29) is 12.1 Å². The lowest BCUT2D eigenvalue weighted by Crippen LogP contribution is -2.30. The summed E-state index contributed by atoms with van der Waals surface area (Å²) in [6.45, 7) is 5.08. The van der Waals surface area contributed by atoms with Gasteiger partial charge in [-0.2, -0.15) is 0 Å². The van der Waals surface area contributed by atoms with E-state index < -0.39 is 0 Å². The molecule has 2 heterocycles. The molecular weight excluding hydrogens is 242 g/mol. The fourth-order valence-corrected chi connectivity index (χ4v) is 2.30. The van der Waals surface area contributed by atoms with Crippen molar-refractivity contribution >= 4 is 11.6 Å². The van der Waals surface area contributed by atoms with E-state index in [1.807, 2.05) is 6.07 Å². The standard InChI is InChI=1S/C13H23N5O/c1-3-5-11-16-12(8-13(17-11)18-14)15-9(2)10-6-4-7-19-10/h8-10H,3-7,14H2,1-2H3,(H2,15,16,17,18). The first-order valence-electron chi connectivity index (χ1n) is 6.95. The Hall–Kier alpha value is -1.40. The number of rotatable bonds is 6. The fraction of sp³-hybridized carbons (Fsp3) is 0.692. The number of aryl methyl sites for hydroxylation is 1. The fourth-order valence-electron chi connectivity index (χ4n) is 2.30. The monoisotopic (exact) mass is 265 g/mol. The third-order valence-electron chi connectivity index (χ3n) is 3.29. The van der Waals surface area contributed by atoms with Gasteiger partial charge in [0.25, 0.3) is 0 Å². The van der Waals surface area contributed by atoms with Gasteiger partial charge >= 0.3 is 0 Å². The maximum Gasteiger partial charge on any atom is 0.145 e. The molecule has 2 unspecified atom stereocenters. The van der Waals surface area contributed by atoms with Crippen molar-refractivity contribution in [3.63, 3.8) is 0 Å². The van der Waals surface area contributed by atoms with Crippen LogP contribution in [0, 0.1) is 0 Å². The van der Waals surface area contributed by atoms with Crippen LogP contribution in [0.1, 0.15) is 38.9 Å². The Labute approximate surface area is 114 Å². The normalized spacial score (nSPS) is 20.3. The number of nitrogens with zero attached hydrogens (tertiary/aromatic N) is 2. The summed E-state index contributed by atoms with van der Waals surface area (Å²) in [6.07, 6.45) is 4.35. The van der Waals surface area contributed by atoms with Crippen molar-refractivity contribution in [3.05, 3.63) is 11.9 Å². The summed E-state index contributed by atoms with van der Waals surface area (Å²) < 4.78 is 5.68. The number of hydrazine groups is 1. The van der Waals surface area contributed by atoms with Crippen LogP contribution in [0.5, 0.6) is 0 Å². The average Bonchev–Trinajstić information content (AvgIpc) is 2.92. The molecule has 4 N–H and O–H groups in total. The van der Waals surface area contributed by atoms with Gasteiger partial charge in [-0.15, -0.1) is 0 Å². The molecule has 1 fully saturated rings. The summed E-state index contributed by atoms with van der Waals surface area (Å²) in [6, 6.07) is 2.06. The van der Waals surface area contributed by atoms with E-state index >= 15 is 0 Å². The molecule has 1 aromatic rings. The minimum absolute atomic E-state index is 0.234. The van der Waals surface area contributed by atoms with E-state index in [4.69, 9.17) is 10.6 Å². The Kier molecular flexibility index (Phi) is 4.93. The van der Waals surface area contributed by atoms with Crippen molar-refractivity contribution in [1.82, 2.24) is 9.97 Å². The molecule has 1 aromatic heterocycles. The number of anilines is 2. The molecule has 1 saturated heterocycles. The van der Waals surface area contributed by atoms with Gasteiger partial charge in [-0.1, -0.05) is 6.92 Å². The van der Waals surface area contributed by atoms with Crippen LogP contribution in [-0.2, 0) is 11.2 Å². The second-order valence-corrected chi connectivity index (χ2v) is 4.93. The zero-order valence-corrected chi connectivity index (χ0v) is 11.6. The van der Waals surface area contributed by atoms with Crippen molar-refractivity contribution < 1.29 is 4.74 Å². The van der Waals surface area contributed by atoms with Crippen LogP contribution in [-0.4, -0.2) is 28.7 Å². The highest BCUT2D eigenvalue weighted by Gasteiger charge is 2.22. The van der Waals surface area contributed by atoms with Gasteiger partial charge in [0.05, 0.1) is 12.1 Å². The molecule has 0 bridgehead atoms. The lowest BCUT2D eigenvalue weighted by molar-refractivity contribution is 0.0995. The zero-order valence-electron chi connectivity index (χ0n) is 11.6. The van der Waals surface area contributed by atoms with Crippen LogP contribution in [0.3, 0.4) is 0 Å². The van der Waals surface area contributed by atoms with Crippen molar-refractivity contribution in [2.45, 2.75) is 51.7 Å². The Balaban J connectivity index is 2.07. The summed E-state index contributed by atoms with van der Waals surface area (Å²) >= 11 is 0. The number of nitrogens with one attached hydrogen (secondary N) is 2. The van der Waals surface area contributed by atoms with Gasteiger partial charge in [-0.3, -0.25) is 0 Å². The molecule has 0 saturated carbocycles. The van der Waals surface area contributed by atoms with Crippen LogP contribution >= 0.6 is 0 Å². The first-order chi connectivity index (χ1) is 9.22. The summed E-state index contributed by atoms with van der Waals surface area (Å²) in [5.41, 5.74) is 2.59. The van der Waals surface area contributed by atoms with Crippen molar-refractivity contribution in [1.29, 1.82) is 0 Å². The number of nitrogens with two attached hydrogens (primary N) is 1. The van der Waals surface area contributed by atoms with Crippen molar-refractivity contribution in [2.75, 3.05) is 17.3 Å². The van der Waals surface area contributed by atoms with E-state index in [1.165, 1.54) is 0 Å². The summed E-state index contributed by atoms with van der Waals surface area (Å²) in [5, 5.41) is 3.39. The Morgan fingerprint density at radius 1 is 1.47 bits per heavy atom. The van der Waals surface area contributed by atoms with Crippen LogP contribution in [0.2, 0.25) is 0 Å². The lowest BCUT2D eigenvalue weighted by Gasteiger charge is -2.21. The molecule has 2 atom stereocenters. The maximum atomic E-state index is 5.68. The third kappa shape index (κ3) is 3.78. The molecule has 6 nitrogen and oxygen atoms in total. The quantitative estimate of drug-likeness (QED) is 0.536. The largest absolute Gasteiger partial charge is 0.376 e. The molecule has 0 aliphatic carbocycles. The molecule has 1 aliphatic rings. The Morgan fingerprint density at radius 2 is 2.26 bits per heavy atom. The van der Waals surface area contributed by atoms with E-state index in [1.54, 1.807) is 0 Å². The molecule has 0 aromatic carbocycles. The topological polar surface area (TPSA) is 85.1 Å². The number of hydrogen-bond acceptors (Lipinski definition) is 6. The average molecular weight is 265 g/mol. The van der Waals surface area contributed by atoms with Gasteiger partial charge in [-0.25, -0.2) is 15.8 Å². The van der Waals surface area contributed by atoms with Crippen LogP contribution in [0.15, 0.2) is 6.07 Å². The predicted octanol–water partition coefficient (Wildman–Crippen LogP) is 1.69.